The standard InChI is InChI=1S/C26H25N3.ClH/c1-28-18-22(17-20-11-5-2-6-12-20)25-24(19-28)26(21-13-7-3-8-14-21)29(27-25)23-15-9-4-10-16-23;/h2-17,24,26H,18-19H2,1H3;1H. The number of rotatable bonds is 3. The topological polar surface area (TPSA) is 20.0 Å². The Morgan fingerprint density at radius 3 is 2.13 bits per heavy atom. The van der Waals surface area contributed by atoms with Crippen LogP contribution in [0.5, 0.6) is 0 Å². The molecule has 2 aliphatic heterocycles. The Labute approximate surface area is 184 Å². The quantitative estimate of drug-likeness (QED) is 0.672. The molecule has 1 N–H and O–H groups in total. The fourth-order valence-corrected chi connectivity index (χ4v) is 4.64. The maximum Gasteiger partial charge on any atom is 0.104 e. The molecule has 2 aliphatic rings. The van der Waals surface area contributed by atoms with Crippen LogP contribution < -0.4 is 22.3 Å². The number of anilines is 1. The predicted octanol–water partition coefficient (Wildman–Crippen LogP) is 0.836. The third-order valence-corrected chi connectivity index (χ3v) is 5.90. The molecule has 0 aliphatic carbocycles. The molecule has 0 bridgehead atoms. The number of nitrogens with one attached hydrogen (secondary N) is 1. The maximum absolute atomic E-state index is 5.22. The van der Waals surface area contributed by atoms with Crippen molar-refractivity contribution < 1.29 is 17.3 Å². The number of para-hydroxylation sites is 1. The Kier molecular flexibility index (Phi) is 6.03. The second kappa shape index (κ2) is 8.86. The fraction of sp³-hybridized carbons (Fsp3) is 0.192. The van der Waals surface area contributed by atoms with Crippen molar-refractivity contribution in [3.8, 4) is 0 Å². The third kappa shape index (κ3) is 3.91. The molecule has 4 heteroatoms. The summed E-state index contributed by atoms with van der Waals surface area (Å²) in [6, 6.07) is 32.3. The molecule has 5 rings (SSSR count). The zero-order valence-corrected chi connectivity index (χ0v) is 17.8. The second-order valence-electron chi connectivity index (χ2n) is 8.05. The molecule has 152 valence electrons. The number of fused-ring (bicyclic) bond motifs is 1. The van der Waals surface area contributed by atoms with Gasteiger partial charge >= 0.3 is 0 Å². The Balaban J connectivity index is 0.00000218. The summed E-state index contributed by atoms with van der Waals surface area (Å²) < 4.78 is 0. The van der Waals surface area contributed by atoms with Crippen LogP contribution >= 0.6 is 0 Å². The summed E-state index contributed by atoms with van der Waals surface area (Å²) >= 11 is 0. The summed E-state index contributed by atoms with van der Waals surface area (Å²) in [5.41, 5.74) is 6.32. The highest BCUT2D eigenvalue weighted by molar-refractivity contribution is 6.08. The van der Waals surface area contributed by atoms with Crippen molar-refractivity contribution in [3.05, 3.63) is 108 Å². The van der Waals surface area contributed by atoms with E-state index in [1.807, 2.05) is 0 Å². The van der Waals surface area contributed by atoms with E-state index in [1.54, 1.807) is 0 Å². The molecule has 3 nitrogen and oxygen atoms in total. The van der Waals surface area contributed by atoms with Gasteiger partial charge in [0, 0.05) is 5.57 Å². The highest BCUT2D eigenvalue weighted by Crippen LogP contribution is 2.41. The first-order chi connectivity index (χ1) is 14.3. The number of quaternary nitrogens is 1. The van der Waals surface area contributed by atoms with Gasteiger partial charge in [-0.3, -0.25) is 5.01 Å². The number of nitrogens with zero attached hydrogens (tertiary/aromatic N) is 2. The van der Waals surface area contributed by atoms with Crippen LogP contribution in [0.25, 0.3) is 6.08 Å². The zero-order valence-electron chi connectivity index (χ0n) is 17.1. The number of likely N-dealkylation sites (tertiary alicyclic amines) is 1. The molecule has 3 aromatic carbocycles. The summed E-state index contributed by atoms with van der Waals surface area (Å²) in [6.45, 7) is 2.10. The lowest BCUT2D eigenvalue weighted by molar-refractivity contribution is -0.878. The van der Waals surface area contributed by atoms with Gasteiger partial charge in [0.05, 0.1) is 37.0 Å². The lowest BCUT2D eigenvalue weighted by atomic mass is 9.83. The number of likely N-dealkylation sites (N-methyl/N-ethyl adjacent to an activating group) is 1. The van der Waals surface area contributed by atoms with Gasteiger partial charge in [0.1, 0.15) is 6.54 Å². The molecule has 0 aromatic heterocycles. The Bertz CT molecular complexity index is 1030. The molecule has 3 unspecified atom stereocenters. The van der Waals surface area contributed by atoms with E-state index >= 15 is 0 Å². The van der Waals surface area contributed by atoms with Gasteiger partial charge in [-0.25, -0.2) is 0 Å². The first kappa shape index (κ1) is 20.4. The maximum atomic E-state index is 5.22. The minimum atomic E-state index is 0. The van der Waals surface area contributed by atoms with Crippen molar-refractivity contribution in [2.45, 2.75) is 6.04 Å². The molecule has 1 fully saturated rings. The smallest absolute Gasteiger partial charge is 0.104 e. The first-order valence-corrected chi connectivity index (χ1v) is 10.3. The first-order valence-electron chi connectivity index (χ1n) is 10.3. The molecule has 2 heterocycles. The third-order valence-electron chi connectivity index (χ3n) is 5.90. The average molecular weight is 416 g/mol. The number of halogens is 1. The van der Waals surface area contributed by atoms with Crippen molar-refractivity contribution >= 4 is 17.5 Å². The van der Waals surface area contributed by atoms with Crippen LogP contribution in [0.15, 0.2) is 102 Å². The summed E-state index contributed by atoms with van der Waals surface area (Å²) in [4.78, 5) is 1.53. The van der Waals surface area contributed by atoms with Gasteiger partial charge < -0.3 is 17.3 Å². The van der Waals surface area contributed by atoms with Gasteiger partial charge in [-0.2, -0.15) is 5.10 Å². The number of hydrazone groups is 1. The van der Waals surface area contributed by atoms with Crippen LogP contribution in [0.2, 0.25) is 0 Å². The molecule has 0 radical (unpaired) electrons. The molecule has 3 aromatic rings. The SMILES string of the molecule is C[NH+]1CC(=Cc2ccccc2)C2=NN(c3ccccc3)C(c3ccccc3)C2C1.[Cl-]. The molecule has 0 saturated carbocycles. The van der Waals surface area contributed by atoms with Crippen molar-refractivity contribution in [1.29, 1.82) is 0 Å². The molecular formula is C26H26ClN3. The van der Waals surface area contributed by atoms with Gasteiger partial charge in [0.25, 0.3) is 0 Å². The van der Waals surface area contributed by atoms with Crippen LogP contribution in [0.3, 0.4) is 0 Å². The van der Waals surface area contributed by atoms with Crippen LogP contribution in [-0.2, 0) is 0 Å². The summed E-state index contributed by atoms with van der Waals surface area (Å²) in [5, 5.41) is 7.46. The van der Waals surface area contributed by atoms with E-state index in [4.69, 9.17) is 5.10 Å². The number of piperidine rings is 1. The van der Waals surface area contributed by atoms with Crippen molar-refractivity contribution in [2.75, 3.05) is 25.1 Å². The van der Waals surface area contributed by atoms with Crippen LogP contribution in [0.4, 0.5) is 5.69 Å². The Morgan fingerprint density at radius 2 is 1.47 bits per heavy atom. The lowest BCUT2D eigenvalue weighted by Gasteiger charge is -2.32. The summed E-state index contributed by atoms with van der Waals surface area (Å²) in [6.07, 6.45) is 2.32. The van der Waals surface area contributed by atoms with Crippen LogP contribution in [0, 0.1) is 5.92 Å². The highest BCUT2D eigenvalue weighted by atomic mass is 35.5. The molecular weight excluding hydrogens is 390 g/mol. The predicted molar refractivity (Wildman–Crippen MR) is 120 cm³/mol. The summed E-state index contributed by atoms with van der Waals surface area (Å²) in [7, 11) is 2.29. The highest BCUT2D eigenvalue weighted by Gasteiger charge is 2.45. The average Bonchev–Trinajstić information content (AvgIpc) is 3.15. The van der Waals surface area contributed by atoms with Gasteiger partial charge in [-0.05, 0) is 29.3 Å². The Morgan fingerprint density at radius 1 is 0.867 bits per heavy atom. The largest absolute Gasteiger partial charge is 1.00 e. The van der Waals surface area contributed by atoms with E-state index in [2.05, 4.69) is 109 Å². The van der Waals surface area contributed by atoms with Crippen molar-refractivity contribution in [2.24, 2.45) is 11.0 Å². The normalized spacial score (nSPS) is 24.2. The van der Waals surface area contributed by atoms with E-state index in [-0.39, 0.29) is 18.4 Å². The van der Waals surface area contributed by atoms with E-state index in [9.17, 15) is 0 Å². The lowest BCUT2D eigenvalue weighted by Crippen LogP contribution is -3.11. The van der Waals surface area contributed by atoms with E-state index in [1.165, 1.54) is 27.3 Å². The molecule has 1 saturated heterocycles. The van der Waals surface area contributed by atoms with Gasteiger partial charge in [-0.15, -0.1) is 0 Å². The molecule has 3 atom stereocenters. The van der Waals surface area contributed by atoms with E-state index in [0.29, 0.717) is 5.92 Å². The second-order valence-corrected chi connectivity index (χ2v) is 8.05. The van der Waals surface area contributed by atoms with Gasteiger partial charge in [-0.1, -0.05) is 78.9 Å². The van der Waals surface area contributed by atoms with Crippen molar-refractivity contribution in [3.63, 3.8) is 0 Å². The Hall–Kier alpha value is -2.88. The minimum absolute atomic E-state index is 0. The van der Waals surface area contributed by atoms with Crippen molar-refractivity contribution in [1.82, 2.24) is 0 Å². The number of hydrogen-bond acceptors (Lipinski definition) is 2. The molecule has 0 amide bonds. The molecule has 30 heavy (non-hydrogen) atoms. The van der Waals surface area contributed by atoms with Gasteiger partial charge in [0.15, 0.2) is 0 Å². The van der Waals surface area contributed by atoms with E-state index in [0.717, 1.165) is 18.8 Å². The van der Waals surface area contributed by atoms with Gasteiger partial charge in [0.2, 0.25) is 0 Å². The number of hydrogen-bond donors (Lipinski definition) is 1. The van der Waals surface area contributed by atoms with Crippen LogP contribution in [0.1, 0.15) is 17.2 Å². The number of benzene rings is 3. The monoisotopic (exact) mass is 415 g/mol. The fourth-order valence-electron chi connectivity index (χ4n) is 4.64. The summed E-state index contributed by atoms with van der Waals surface area (Å²) in [5.74, 6) is 0.376. The minimum Gasteiger partial charge on any atom is -1.00 e. The van der Waals surface area contributed by atoms with Crippen LogP contribution in [-0.4, -0.2) is 25.8 Å². The van der Waals surface area contributed by atoms with E-state index < -0.39 is 0 Å². The zero-order chi connectivity index (χ0) is 19.6. The molecule has 0 spiro atoms.